The topological polar surface area (TPSA) is 71.3 Å². The van der Waals surface area contributed by atoms with Gasteiger partial charge in [-0.3, -0.25) is 4.79 Å². The average molecular weight is 715 g/mol. The largest absolute Gasteiger partial charge is 0.497 e. The molecule has 0 saturated carbocycles. The number of benzene rings is 3. The number of ether oxygens (including phenoxy) is 2. The van der Waals surface area contributed by atoms with Crippen LogP contribution in [0.5, 0.6) is 11.5 Å². The second kappa shape index (κ2) is 11.7. The van der Waals surface area contributed by atoms with Crippen molar-refractivity contribution >= 4 is 78.8 Å². The van der Waals surface area contributed by atoms with E-state index in [0.717, 1.165) is 13.6 Å². The van der Waals surface area contributed by atoms with Crippen molar-refractivity contribution in [3.8, 4) is 17.6 Å². The van der Waals surface area contributed by atoms with Gasteiger partial charge in [-0.05, 0) is 127 Å². The number of rotatable bonds is 7. The molecule has 1 N–H and O–H groups in total. The fourth-order valence-electron chi connectivity index (χ4n) is 2.72. The van der Waals surface area contributed by atoms with Gasteiger partial charge in [-0.2, -0.15) is 5.26 Å². The molecule has 3 aromatic carbocycles. The highest BCUT2D eigenvalue weighted by atomic mass is 127. The summed E-state index contributed by atoms with van der Waals surface area (Å²) in [5, 5.41) is 12.2. The van der Waals surface area contributed by atoms with Gasteiger partial charge in [0.2, 0.25) is 0 Å². The summed E-state index contributed by atoms with van der Waals surface area (Å²) in [7, 11) is 1.57. The molecule has 32 heavy (non-hydrogen) atoms. The summed E-state index contributed by atoms with van der Waals surface area (Å²) in [6.07, 6.45) is 1.55. The highest BCUT2D eigenvalue weighted by Crippen LogP contribution is 2.33. The molecule has 3 aromatic rings. The Kier molecular flexibility index (Phi) is 8.95. The Labute approximate surface area is 222 Å². The van der Waals surface area contributed by atoms with Crippen LogP contribution in [0.4, 0.5) is 5.69 Å². The first-order chi connectivity index (χ1) is 15.4. The van der Waals surface area contributed by atoms with Gasteiger partial charge in [0.15, 0.2) is 0 Å². The molecule has 0 atom stereocenters. The number of nitrogens with one attached hydrogen (secondary N) is 1. The first-order valence-electron chi connectivity index (χ1n) is 9.33. The van der Waals surface area contributed by atoms with Crippen LogP contribution in [0.1, 0.15) is 11.1 Å². The summed E-state index contributed by atoms with van der Waals surface area (Å²) in [5.41, 5.74) is 2.35. The quantitative estimate of drug-likeness (QED) is 0.166. The van der Waals surface area contributed by atoms with E-state index in [1.54, 1.807) is 37.5 Å². The maximum absolute atomic E-state index is 12.6. The normalized spacial score (nSPS) is 10.9. The van der Waals surface area contributed by atoms with Crippen LogP contribution in [0.25, 0.3) is 6.08 Å². The van der Waals surface area contributed by atoms with E-state index in [2.05, 4.69) is 66.4 Å². The van der Waals surface area contributed by atoms with E-state index in [-0.39, 0.29) is 5.57 Å². The number of methoxy groups -OCH3 is 1. The van der Waals surface area contributed by atoms with E-state index in [1.807, 2.05) is 42.5 Å². The first-order valence-corrected chi connectivity index (χ1v) is 12.3. The van der Waals surface area contributed by atoms with Crippen LogP contribution in [-0.4, -0.2) is 13.0 Å². The number of carbonyl (C=O) groups excluding carboxylic acids is 1. The molecule has 0 aliphatic rings. The van der Waals surface area contributed by atoms with Gasteiger partial charge in [0.25, 0.3) is 5.91 Å². The minimum Gasteiger partial charge on any atom is -0.497 e. The number of hydrogen-bond donors (Lipinski definition) is 1. The van der Waals surface area contributed by atoms with Crippen molar-refractivity contribution in [2.24, 2.45) is 0 Å². The Morgan fingerprint density at radius 2 is 1.81 bits per heavy atom. The zero-order valence-corrected chi connectivity index (χ0v) is 22.8. The molecule has 8 heteroatoms. The van der Waals surface area contributed by atoms with Crippen molar-refractivity contribution in [3.05, 3.63) is 89.0 Å². The number of halogens is 3. The summed E-state index contributed by atoms with van der Waals surface area (Å²) in [6.45, 7) is 0.439. The molecule has 0 aliphatic heterocycles. The van der Waals surface area contributed by atoms with Crippen LogP contribution in [0, 0.1) is 18.5 Å². The van der Waals surface area contributed by atoms with Crippen LogP contribution in [0.3, 0.4) is 0 Å². The van der Waals surface area contributed by atoms with Crippen molar-refractivity contribution in [2.45, 2.75) is 6.61 Å². The lowest BCUT2D eigenvalue weighted by Crippen LogP contribution is -2.13. The predicted octanol–water partition coefficient (Wildman–Crippen LogP) is 6.79. The molecule has 1 amide bonds. The maximum atomic E-state index is 12.6. The van der Waals surface area contributed by atoms with Crippen molar-refractivity contribution < 1.29 is 14.3 Å². The molecule has 3 rings (SSSR count). The molecule has 0 unspecified atom stereocenters. The van der Waals surface area contributed by atoms with Crippen LogP contribution in [0.15, 0.2) is 70.7 Å². The predicted molar refractivity (Wildman–Crippen MR) is 146 cm³/mol. The van der Waals surface area contributed by atoms with Gasteiger partial charge in [-0.1, -0.05) is 12.1 Å². The van der Waals surface area contributed by atoms with E-state index >= 15 is 0 Å². The molecule has 0 aliphatic carbocycles. The monoisotopic (exact) mass is 714 g/mol. The molecule has 0 aromatic heterocycles. The van der Waals surface area contributed by atoms with Crippen molar-refractivity contribution in [2.75, 3.05) is 12.4 Å². The molecule has 0 bridgehead atoms. The number of nitriles is 1. The van der Waals surface area contributed by atoms with E-state index in [4.69, 9.17) is 9.47 Å². The zero-order chi connectivity index (χ0) is 23.1. The average Bonchev–Trinajstić information content (AvgIpc) is 2.78. The van der Waals surface area contributed by atoms with Crippen LogP contribution in [0.2, 0.25) is 0 Å². The third-order valence-corrected chi connectivity index (χ3v) is 6.45. The molecular formula is C24H17BrI2N2O3. The molecule has 0 heterocycles. The van der Waals surface area contributed by atoms with Crippen molar-refractivity contribution in [1.29, 1.82) is 5.26 Å². The van der Waals surface area contributed by atoms with Gasteiger partial charge < -0.3 is 14.8 Å². The number of hydrogen-bond acceptors (Lipinski definition) is 4. The number of anilines is 1. The minimum atomic E-state index is -0.483. The Balaban J connectivity index is 1.74. The summed E-state index contributed by atoms with van der Waals surface area (Å²) < 4.78 is 13.9. The molecule has 0 radical (unpaired) electrons. The molecule has 162 valence electrons. The van der Waals surface area contributed by atoms with Crippen LogP contribution in [-0.2, 0) is 11.4 Å². The highest BCUT2D eigenvalue weighted by Gasteiger charge is 2.13. The minimum absolute atomic E-state index is 0.00363. The Bertz CT molecular complexity index is 1160. The van der Waals surface area contributed by atoms with Gasteiger partial charge >= 0.3 is 0 Å². The number of amides is 1. The zero-order valence-electron chi connectivity index (χ0n) is 16.9. The molecule has 0 saturated heterocycles. The molecule has 0 fully saturated rings. The van der Waals surface area contributed by atoms with Crippen molar-refractivity contribution in [3.63, 3.8) is 0 Å². The molecule has 5 nitrogen and oxygen atoms in total. The lowest BCUT2D eigenvalue weighted by Gasteiger charge is -2.12. The van der Waals surface area contributed by atoms with E-state index in [0.29, 0.717) is 29.4 Å². The summed E-state index contributed by atoms with van der Waals surface area (Å²) in [4.78, 5) is 12.6. The fraction of sp³-hybridized carbons (Fsp3) is 0.0833. The van der Waals surface area contributed by atoms with Crippen LogP contribution < -0.4 is 14.8 Å². The number of carbonyl (C=O) groups is 1. The molecular weight excluding hydrogens is 698 g/mol. The Hall–Kier alpha value is -2.10. The van der Waals surface area contributed by atoms with Gasteiger partial charge in [0.1, 0.15) is 29.7 Å². The smallest absolute Gasteiger partial charge is 0.266 e. The SMILES string of the molecule is COc1ccc(NC(=O)/C(C#N)=C\c2cc(Br)c(OCc3ccc(I)cc3)c(I)c2)cc1. The van der Waals surface area contributed by atoms with E-state index in [1.165, 1.54) is 3.57 Å². The van der Waals surface area contributed by atoms with Crippen LogP contribution >= 0.6 is 61.1 Å². The van der Waals surface area contributed by atoms with Gasteiger partial charge in [0.05, 0.1) is 15.2 Å². The fourth-order valence-corrected chi connectivity index (χ4v) is 4.85. The molecule has 0 spiro atoms. The standard InChI is InChI=1S/C24H17BrI2N2O3/c1-31-20-8-6-19(7-9-20)29-24(30)17(13-28)10-16-11-21(25)23(22(27)12-16)32-14-15-2-4-18(26)5-3-15/h2-12H,14H2,1H3,(H,29,30)/b17-10-. The second-order valence-corrected chi connectivity index (χ2v) is 9.84. The van der Waals surface area contributed by atoms with Gasteiger partial charge in [-0.25, -0.2) is 0 Å². The third kappa shape index (κ3) is 6.70. The summed E-state index contributed by atoms with van der Waals surface area (Å²) >= 11 is 7.99. The summed E-state index contributed by atoms with van der Waals surface area (Å²) in [5.74, 6) is 0.910. The Morgan fingerprint density at radius 3 is 2.41 bits per heavy atom. The van der Waals surface area contributed by atoms with E-state index < -0.39 is 5.91 Å². The first kappa shape index (κ1) is 24.5. The maximum Gasteiger partial charge on any atom is 0.266 e. The van der Waals surface area contributed by atoms with Crippen molar-refractivity contribution in [1.82, 2.24) is 0 Å². The third-order valence-electron chi connectivity index (χ3n) is 4.34. The highest BCUT2D eigenvalue weighted by molar-refractivity contribution is 14.1. The van der Waals surface area contributed by atoms with Gasteiger partial charge in [0, 0.05) is 9.26 Å². The second-order valence-electron chi connectivity index (χ2n) is 6.58. The lowest BCUT2D eigenvalue weighted by molar-refractivity contribution is -0.112. The summed E-state index contributed by atoms with van der Waals surface area (Å²) in [6, 6.07) is 20.7. The number of nitrogens with zero attached hydrogens (tertiary/aromatic N) is 1. The lowest BCUT2D eigenvalue weighted by atomic mass is 10.1. The van der Waals surface area contributed by atoms with Gasteiger partial charge in [-0.15, -0.1) is 0 Å². The van der Waals surface area contributed by atoms with E-state index in [9.17, 15) is 10.1 Å². The Morgan fingerprint density at radius 1 is 1.12 bits per heavy atom.